The summed E-state index contributed by atoms with van der Waals surface area (Å²) in [6, 6.07) is 13.2. The van der Waals surface area contributed by atoms with E-state index in [0.29, 0.717) is 24.6 Å². The Morgan fingerprint density at radius 3 is 2.62 bits per heavy atom. The highest BCUT2D eigenvalue weighted by molar-refractivity contribution is 7.91. The number of nitrogens with one attached hydrogen (secondary N) is 1. The van der Waals surface area contributed by atoms with Gasteiger partial charge >= 0.3 is 5.97 Å². The Hall–Kier alpha value is -3.70. The lowest BCUT2D eigenvalue weighted by Crippen LogP contribution is -2.49. The number of ether oxygens (including phenoxy) is 2. The van der Waals surface area contributed by atoms with Crippen molar-refractivity contribution in [2.24, 2.45) is 17.8 Å². The molecule has 3 aliphatic rings. The normalized spacial score (nSPS) is 23.0. The molecule has 0 radical (unpaired) electrons. The molecular formula is C36H43ClN4O6S. The van der Waals surface area contributed by atoms with Gasteiger partial charge in [-0.1, -0.05) is 24.6 Å². The number of hydrogen-bond donors (Lipinski definition) is 1. The number of rotatable bonds is 10. The SMILES string of the molecule is COC(=O)c1ccc2c(c1)N(C[C@@H]1CC[C@H]1CNC(=O)C[C@H](C)[C@@H](C)S(=O)(=O)c1ncccn1)CC1(CCCc3cc(Cl)ccc31)CO2. The Bertz CT molecular complexity index is 1770. The van der Waals surface area contributed by atoms with E-state index < -0.39 is 27.0 Å². The van der Waals surface area contributed by atoms with Crippen LogP contribution in [0.4, 0.5) is 5.69 Å². The van der Waals surface area contributed by atoms with Gasteiger partial charge in [0.05, 0.1) is 30.2 Å². The quantitative estimate of drug-likeness (QED) is 0.219. The van der Waals surface area contributed by atoms with Gasteiger partial charge in [-0.2, -0.15) is 0 Å². The summed E-state index contributed by atoms with van der Waals surface area (Å²) < 4.78 is 37.6. The fourth-order valence-corrected chi connectivity index (χ4v) is 9.12. The van der Waals surface area contributed by atoms with E-state index in [0.717, 1.165) is 61.7 Å². The first-order chi connectivity index (χ1) is 23.0. The number of fused-ring (bicyclic) bond motifs is 3. The molecule has 12 heteroatoms. The van der Waals surface area contributed by atoms with Gasteiger partial charge in [-0.05, 0) is 104 Å². The van der Waals surface area contributed by atoms with E-state index in [-0.39, 0.29) is 28.8 Å². The van der Waals surface area contributed by atoms with Gasteiger partial charge in [-0.25, -0.2) is 23.2 Å². The average Bonchev–Trinajstić information content (AvgIpc) is 3.23. The number of sulfone groups is 1. The Kier molecular flexibility index (Phi) is 9.99. The van der Waals surface area contributed by atoms with E-state index in [1.54, 1.807) is 26.0 Å². The van der Waals surface area contributed by atoms with Gasteiger partial charge in [0.1, 0.15) is 5.75 Å². The molecule has 2 heterocycles. The van der Waals surface area contributed by atoms with Gasteiger partial charge in [0.15, 0.2) is 0 Å². The summed E-state index contributed by atoms with van der Waals surface area (Å²) in [5.74, 6) is 0.341. The molecule has 5 atom stereocenters. The third-order valence-corrected chi connectivity index (χ3v) is 13.0. The molecule has 10 nitrogen and oxygen atoms in total. The van der Waals surface area contributed by atoms with E-state index in [1.165, 1.54) is 30.6 Å². The van der Waals surface area contributed by atoms with Gasteiger partial charge in [0.25, 0.3) is 0 Å². The maximum atomic E-state index is 13.0. The van der Waals surface area contributed by atoms with E-state index in [1.807, 2.05) is 18.2 Å². The zero-order chi connectivity index (χ0) is 34.1. The predicted octanol–water partition coefficient (Wildman–Crippen LogP) is 5.42. The summed E-state index contributed by atoms with van der Waals surface area (Å²) >= 11 is 6.40. The highest BCUT2D eigenvalue weighted by Crippen LogP contribution is 2.46. The van der Waals surface area contributed by atoms with Crippen molar-refractivity contribution in [3.8, 4) is 5.75 Å². The van der Waals surface area contributed by atoms with Crippen LogP contribution in [-0.2, 0) is 31.2 Å². The molecule has 2 aliphatic carbocycles. The lowest BCUT2D eigenvalue weighted by molar-refractivity contribution is -0.122. The second-order valence-corrected chi connectivity index (χ2v) is 16.3. The summed E-state index contributed by atoms with van der Waals surface area (Å²) in [5, 5.41) is 2.79. The van der Waals surface area contributed by atoms with E-state index >= 15 is 0 Å². The van der Waals surface area contributed by atoms with Crippen LogP contribution in [-0.4, -0.2) is 68.9 Å². The van der Waals surface area contributed by atoms with Crippen LogP contribution >= 0.6 is 11.6 Å². The standard InChI is InChI=1S/C36H43ClN4O6S/c1-23(24(2)48(44,45)35-38-14-5-15-39-35)16-33(42)40-19-27-7-8-28(27)20-41-21-36(13-4-6-25-17-29(37)10-11-30(25)36)22-47-32-12-9-26(18-31(32)41)34(43)46-3/h5,9-12,14-15,17-18,23-24,27-28H,4,6-8,13,16,19-22H2,1-3H3,(H,40,42)/t23-,24+,27-,28-,36?/m0/s1. The minimum atomic E-state index is -3.76. The topological polar surface area (TPSA) is 128 Å². The van der Waals surface area contributed by atoms with Crippen LogP contribution in [0.5, 0.6) is 5.75 Å². The Labute approximate surface area is 287 Å². The van der Waals surface area contributed by atoms with Gasteiger partial charge in [0.2, 0.25) is 20.9 Å². The highest BCUT2D eigenvalue weighted by Gasteiger charge is 2.43. The molecule has 1 unspecified atom stereocenters. The highest BCUT2D eigenvalue weighted by atomic mass is 35.5. The number of methoxy groups -OCH3 is 1. The van der Waals surface area contributed by atoms with Gasteiger partial charge in [-0.3, -0.25) is 4.79 Å². The molecule has 0 bridgehead atoms. The van der Waals surface area contributed by atoms with E-state index in [9.17, 15) is 18.0 Å². The van der Waals surface area contributed by atoms with Crippen LogP contribution in [0.1, 0.15) is 67.4 Å². The number of aromatic nitrogens is 2. The second kappa shape index (κ2) is 14.0. The number of aryl methyl sites for hydroxylation is 1. The summed E-state index contributed by atoms with van der Waals surface area (Å²) in [5.41, 5.74) is 3.63. The molecule has 2 aromatic carbocycles. The summed E-state index contributed by atoms with van der Waals surface area (Å²) in [6.07, 6.45) is 7.88. The van der Waals surface area contributed by atoms with Crippen molar-refractivity contribution in [3.63, 3.8) is 0 Å². The zero-order valence-corrected chi connectivity index (χ0v) is 29.2. The summed E-state index contributed by atoms with van der Waals surface area (Å²) in [7, 11) is -2.38. The fourth-order valence-electron chi connectivity index (χ4n) is 7.47. The average molecular weight is 695 g/mol. The number of esters is 1. The molecule has 1 amide bonds. The Morgan fingerprint density at radius 1 is 1.12 bits per heavy atom. The van der Waals surface area contributed by atoms with Crippen molar-refractivity contribution in [2.75, 3.05) is 38.3 Å². The Balaban J connectivity index is 1.16. The first kappa shape index (κ1) is 34.2. The van der Waals surface area contributed by atoms with Crippen LogP contribution in [0.2, 0.25) is 5.02 Å². The number of halogens is 1. The van der Waals surface area contributed by atoms with Crippen molar-refractivity contribution in [1.82, 2.24) is 15.3 Å². The third kappa shape index (κ3) is 6.89. The number of hydrogen-bond acceptors (Lipinski definition) is 9. The van der Waals surface area contributed by atoms with Crippen LogP contribution in [0.25, 0.3) is 0 Å². The fraction of sp³-hybridized carbons (Fsp3) is 0.500. The largest absolute Gasteiger partial charge is 0.490 e. The molecule has 48 heavy (non-hydrogen) atoms. The van der Waals surface area contributed by atoms with Crippen molar-refractivity contribution in [2.45, 2.75) is 68.2 Å². The Morgan fingerprint density at radius 2 is 1.90 bits per heavy atom. The molecule has 1 fully saturated rings. The number of amides is 1. The molecule has 256 valence electrons. The molecular weight excluding hydrogens is 652 g/mol. The minimum Gasteiger partial charge on any atom is -0.490 e. The lowest BCUT2D eigenvalue weighted by atomic mass is 9.69. The molecule has 1 saturated carbocycles. The summed E-state index contributed by atoms with van der Waals surface area (Å²) in [6.45, 7) is 5.89. The first-order valence-electron chi connectivity index (χ1n) is 16.7. The first-order valence-corrected chi connectivity index (χ1v) is 18.6. The van der Waals surface area contributed by atoms with Crippen LogP contribution in [0.15, 0.2) is 60.0 Å². The van der Waals surface area contributed by atoms with Crippen LogP contribution in [0, 0.1) is 17.8 Å². The van der Waals surface area contributed by atoms with E-state index in [2.05, 4.69) is 32.3 Å². The van der Waals surface area contributed by atoms with Crippen molar-refractivity contribution < 1.29 is 27.5 Å². The van der Waals surface area contributed by atoms with Crippen molar-refractivity contribution in [1.29, 1.82) is 0 Å². The molecule has 1 N–H and O–H groups in total. The van der Waals surface area contributed by atoms with Crippen molar-refractivity contribution >= 4 is 39.0 Å². The smallest absolute Gasteiger partial charge is 0.337 e. The molecule has 1 aliphatic heterocycles. The zero-order valence-electron chi connectivity index (χ0n) is 27.7. The molecule has 3 aromatic rings. The number of anilines is 1. The predicted molar refractivity (Wildman–Crippen MR) is 183 cm³/mol. The van der Waals surface area contributed by atoms with Gasteiger partial charge in [0, 0.05) is 48.9 Å². The molecule has 0 saturated heterocycles. The molecule has 6 rings (SSSR count). The third-order valence-electron chi connectivity index (χ3n) is 10.6. The number of benzene rings is 2. The van der Waals surface area contributed by atoms with Gasteiger partial charge < -0.3 is 19.7 Å². The molecule has 1 aromatic heterocycles. The van der Waals surface area contributed by atoms with Crippen molar-refractivity contribution in [3.05, 3.63) is 76.6 Å². The second-order valence-electron chi connectivity index (χ2n) is 13.6. The number of carbonyl (C=O) groups is 2. The number of nitrogens with zero attached hydrogens (tertiary/aromatic N) is 3. The van der Waals surface area contributed by atoms with Crippen LogP contribution < -0.4 is 15.0 Å². The number of carbonyl (C=O) groups excluding carboxylic acids is 2. The minimum absolute atomic E-state index is 0.0870. The maximum absolute atomic E-state index is 13.0. The molecule has 1 spiro atoms. The van der Waals surface area contributed by atoms with Gasteiger partial charge in [-0.15, -0.1) is 0 Å². The summed E-state index contributed by atoms with van der Waals surface area (Å²) in [4.78, 5) is 35.8. The monoisotopic (exact) mass is 694 g/mol. The maximum Gasteiger partial charge on any atom is 0.337 e. The van der Waals surface area contributed by atoms with E-state index in [4.69, 9.17) is 21.1 Å². The van der Waals surface area contributed by atoms with Crippen LogP contribution in [0.3, 0.4) is 0 Å². The lowest BCUT2D eigenvalue weighted by Gasteiger charge is -2.44.